The second-order valence-electron chi connectivity index (χ2n) is 6.12. The van der Waals surface area contributed by atoms with Gasteiger partial charge in [-0.2, -0.15) is 13.2 Å². The number of hydrogen-bond donors (Lipinski definition) is 4. The summed E-state index contributed by atoms with van der Waals surface area (Å²) in [5.41, 5.74) is 2.56. The van der Waals surface area contributed by atoms with Gasteiger partial charge >= 0.3 is 12.1 Å². The van der Waals surface area contributed by atoms with Gasteiger partial charge in [0.1, 0.15) is 26.8 Å². The number of ether oxygens (including phenoxy) is 2. The lowest BCUT2D eigenvalue weighted by molar-refractivity contribution is -0.209. The number of carbonyl (C=O) groups excluding carboxylic acids is 1. The number of halogens is 3. The first kappa shape index (κ1) is 22.4. The molecule has 1 aliphatic carbocycles. The SMILES string of the molecule is [B]C1=CC2=C(O[C@H](C(F)(F)F)C(C(=O)OC(CONO)CONO)=C2)C(C)C1. The largest absolute Gasteiger partial charge is 0.479 e. The highest BCUT2D eigenvalue weighted by Gasteiger charge is 2.50. The fourth-order valence-electron chi connectivity index (χ4n) is 2.80. The van der Waals surface area contributed by atoms with Crippen LogP contribution in [-0.4, -0.2) is 55.8 Å². The van der Waals surface area contributed by atoms with Crippen molar-refractivity contribution in [2.45, 2.75) is 31.7 Å². The second-order valence-corrected chi connectivity index (χ2v) is 6.12. The minimum Gasteiger partial charge on any atom is -0.479 e. The van der Waals surface area contributed by atoms with E-state index in [1.165, 1.54) is 17.4 Å². The summed E-state index contributed by atoms with van der Waals surface area (Å²) in [6.45, 7) is 0.674. The molecule has 2 atom stereocenters. The third-order valence-corrected chi connectivity index (χ3v) is 3.93. The standard InChI is InChI=1S/C15H18BF3N2O7/c1-7-2-9(16)3-8-4-11(13(15(17,18)19)28-12(7)8)14(22)27-10(5-25-20-23)6-26-21-24/h3-4,7,10,13,20-21,23-24H,2,5-6H2,1H3/t7?,13-/m0/s1. The molecule has 2 aliphatic rings. The summed E-state index contributed by atoms with van der Waals surface area (Å²) in [5.74, 6) is -1.64. The number of carbonyl (C=O) groups is 1. The molecule has 9 nitrogen and oxygen atoms in total. The predicted molar refractivity (Wildman–Crippen MR) is 85.3 cm³/mol. The highest BCUT2D eigenvalue weighted by molar-refractivity contribution is 6.22. The Labute approximate surface area is 159 Å². The number of allylic oxidation sites excluding steroid dienone is 5. The smallest absolute Gasteiger partial charge is 0.429 e. The zero-order chi connectivity index (χ0) is 20.9. The highest BCUT2D eigenvalue weighted by atomic mass is 19.4. The van der Waals surface area contributed by atoms with Crippen LogP contribution in [0.25, 0.3) is 0 Å². The lowest BCUT2D eigenvalue weighted by Gasteiger charge is -2.34. The highest BCUT2D eigenvalue weighted by Crippen LogP contribution is 2.40. The summed E-state index contributed by atoms with van der Waals surface area (Å²) in [6, 6.07) is 0. The van der Waals surface area contributed by atoms with Crippen molar-refractivity contribution in [3.05, 3.63) is 34.5 Å². The van der Waals surface area contributed by atoms with Crippen molar-refractivity contribution in [3.8, 4) is 0 Å². The molecule has 0 saturated carbocycles. The quantitative estimate of drug-likeness (QED) is 0.266. The summed E-state index contributed by atoms with van der Waals surface area (Å²) in [7, 11) is 5.77. The maximum Gasteiger partial charge on any atom is 0.429 e. The van der Waals surface area contributed by atoms with Gasteiger partial charge in [0.15, 0.2) is 6.10 Å². The molecule has 0 spiro atoms. The predicted octanol–water partition coefficient (Wildman–Crippen LogP) is 0.953. The molecule has 2 radical (unpaired) electrons. The zero-order valence-corrected chi connectivity index (χ0v) is 14.7. The minimum absolute atomic E-state index is 0.0882. The molecule has 4 N–H and O–H groups in total. The van der Waals surface area contributed by atoms with Crippen LogP contribution in [0.1, 0.15) is 13.3 Å². The van der Waals surface area contributed by atoms with Crippen molar-refractivity contribution < 1.29 is 47.5 Å². The molecule has 1 unspecified atom stereocenters. The van der Waals surface area contributed by atoms with E-state index < -0.39 is 43.1 Å². The van der Waals surface area contributed by atoms with Crippen LogP contribution in [-0.2, 0) is 23.9 Å². The Morgan fingerprint density at radius 3 is 2.46 bits per heavy atom. The van der Waals surface area contributed by atoms with Crippen molar-refractivity contribution >= 4 is 13.8 Å². The topological polar surface area (TPSA) is 119 Å². The Bertz CT molecular complexity index is 673. The third kappa shape index (κ3) is 5.56. The Morgan fingerprint density at radius 2 is 1.93 bits per heavy atom. The van der Waals surface area contributed by atoms with Gasteiger partial charge in [0.05, 0.1) is 5.57 Å². The Morgan fingerprint density at radius 1 is 1.32 bits per heavy atom. The lowest BCUT2D eigenvalue weighted by atomic mass is 9.79. The molecule has 28 heavy (non-hydrogen) atoms. The van der Waals surface area contributed by atoms with E-state index in [-0.39, 0.29) is 17.3 Å². The monoisotopic (exact) mass is 406 g/mol. The van der Waals surface area contributed by atoms with Gasteiger partial charge in [-0.3, -0.25) is 20.1 Å². The van der Waals surface area contributed by atoms with E-state index in [0.717, 1.165) is 6.08 Å². The van der Waals surface area contributed by atoms with E-state index in [2.05, 4.69) is 9.68 Å². The van der Waals surface area contributed by atoms with Crippen LogP contribution in [0.5, 0.6) is 0 Å². The van der Waals surface area contributed by atoms with E-state index in [4.69, 9.17) is 27.7 Å². The molecule has 0 aromatic heterocycles. The van der Waals surface area contributed by atoms with Crippen molar-refractivity contribution in [2.24, 2.45) is 5.92 Å². The summed E-state index contributed by atoms with van der Waals surface area (Å²) in [5, 5.41) is 16.9. The van der Waals surface area contributed by atoms with Crippen LogP contribution in [0.4, 0.5) is 13.2 Å². The number of rotatable bonds is 8. The van der Waals surface area contributed by atoms with Crippen LogP contribution in [0.3, 0.4) is 0 Å². The van der Waals surface area contributed by atoms with Crippen molar-refractivity contribution in [1.82, 2.24) is 11.3 Å². The molecule has 0 saturated heterocycles. The van der Waals surface area contributed by atoms with Crippen molar-refractivity contribution in [2.75, 3.05) is 13.2 Å². The van der Waals surface area contributed by atoms with Crippen molar-refractivity contribution in [3.63, 3.8) is 0 Å². The summed E-state index contributed by atoms with van der Waals surface area (Å²) >= 11 is 0. The van der Waals surface area contributed by atoms with E-state index in [0.29, 0.717) is 11.9 Å². The molecule has 1 heterocycles. The molecule has 0 aromatic rings. The van der Waals surface area contributed by atoms with Gasteiger partial charge in [0, 0.05) is 11.5 Å². The van der Waals surface area contributed by atoms with Gasteiger partial charge in [0.2, 0.25) is 6.10 Å². The van der Waals surface area contributed by atoms with Crippen LogP contribution in [0, 0.1) is 5.92 Å². The van der Waals surface area contributed by atoms with Gasteiger partial charge in [-0.1, -0.05) is 24.3 Å². The maximum atomic E-state index is 13.5. The fraction of sp³-hybridized carbons (Fsp3) is 0.533. The molecule has 1 aliphatic heterocycles. The Kier molecular flexibility index (Phi) is 7.63. The van der Waals surface area contributed by atoms with Crippen LogP contribution < -0.4 is 11.3 Å². The van der Waals surface area contributed by atoms with Gasteiger partial charge in [-0.25, -0.2) is 4.79 Å². The number of hydrogen-bond acceptors (Lipinski definition) is 9. The first-order valence-corrected chi connectivity index (χ1v) is 8.05. The molecule has 0 fully saturated rings. The van der Waals surface area contributed by atoms with Gasteiger partial charge in [-0.15, -0.1) is 5.47 Å². The number of alkyl halides is 3. The van der Waals surface area contributed by atoms with Gasteiger partial charge < -0.3 is 9.47 Å². The lowest BCUT2D eigenvalue weighted by Crippen LogP contribution is -2.41. The molecule has 154 valence electrons. The second kappa shape index (κ2) is 9.54. The fourth-order valence-corrected chi connectivity index (χ4v) is 2.80. The summed E-state index contributed by atoms with van der Waals surface area (Å²) in [6.07, 6.45) is -5.89. The average molecular weight is 406 g/mol. The van der Waals surface area contributed by atoms with E-state index in [1.807, 2.05) is 0 Å². The first-order valence-electron chi connectivity index (χ1n) is 8.05. The van der Waals surface area contributed by atoms with Crippen LogP contribution in [0.15, 0.2) is 34.5 Å². The molecule has 0 aromatic carbocycles. The van der Waals surface area contributed by atoms with Crippen molar-refractivity contribution in [1.29, 1.82) is 0 Å². The third-order valence-electron chi connectivity index (χ3n) is 3.93. The molecular formula is C15H18BF3N2O7. The Balaban J connectivity index is 2.29. The molecule has 13 heteroatoms. The number of nitrogens with one attached hydrogen (secondary N) is 2. The van der Waals surface area contributed by atoms with E-state index in [1.54, 1.807) is 6.92 Å². The number of esters is 1. The summed E-state index contributed by atoms with van der Waals surface area (Å²) in [4.78, 5) is 21.2. The summed E-state index contributed by atoms with van der Waals surface area (Å²) < 4.78 is 50.5. The van der Waals surface area contributed by atoms with Gasteiger partial charge in [0.25, 0.3) is 0 Å². The molecule has 0 amide bonds. The minimum atomic E-state index is -4.88. The Hall–Kier alpha value is -1.90. The normalized spacial score (nSPS) is 22.4. The van der Waals surface area contributed by atoms with Crippen LogP contribution >= 0.6 is 0 Å². The van der Waals surface area contributed by atoms with E-state index in [9.17, 15) is 18.0 Å². The molecule has 2 rings (SSSR count). The first-order chi connectivity index (χ1) is 13.2. The van der Waals surface area contributed by atoms with E-state index >= 15 is 0 Å². The molecular weight excluding hydrogens is 388 g/mol. The van der Waals surface area contributed by atoms with Gasteiger partial charge in [-0.05, 0) is 12.5 Å². The van der Waals surface area contributed by atoms with Crippen LogP contribution in [0.2, 0.25) is 0 Å². The molecule has 0 bridgehead atoms. The maximum absolute atomic E-state index is 13.5. The zero-order valence-electron chi connectivity index (χ0n) is 14.7. The average Bonchev–Trinajstić information content (AvgIpc) is 2.61.